The fourth-order valence-corrected chi connectivity index (χ4v) is 3.88. The first kappa shape index (κ1) is 18.7. The Morgan fingerprint density at radius 2 is 2.00 bits per heavy atom. The first-order valence-electron chi connectivity index (χ1n) is 8.82. The number of nitrogens with zero attached hydrogens (tertiary/aromatic N) is 2. The molecular weight excluding hydrogens is 346 g/mol. The summed E-state index contributed by atoms with van der Waals surface area (Å²) >= 11 is 1.48. The number of hydrogen-bond acceptors (Lipinski definition) is 4. The second kappa shape index (κ2) is 7.27. The van der Waals surface area contributed by atoms with Crippen molar-refractivity contribution < 1.29 is 4.79 Å². The van der Waals surface area contributed by atoms with E-state index in [-0.39, 0.29) is 22.8 Å². The molecule has 0 radical (unpaired) electrons. The number of hydrogen-bond donors (Lipinski definition) is 1. The summed E-state index contributed by atoms with van der Waals surface area (Å²) in [5, 5.41) is 3.70. The normalized spacial score (nSPS) is 16.8. The van der Waals surface area contributed by atoms with E-state index in [4.69, 9.17) is 0 Å². The molecule has 0 saturated heterocycles. The van der Waals surface area contributed by atoms with Crippen LogP contribution < -0.4 is 10.9 Å². The molecule has 1 amide bonds. The van der Waals surface area contributed by atoms with E-state index < -0.39 is 0 Å². The standard InChI is InChI=1S/C20H25N3O2S/c1-13-5-7-14(8-6-13)10-21-18(25)15-11-23-17(24)9-16(20(2,3)4)22-19(23)26-12-15/h5-9,15H,10-12H2,1-4H3,(H,21,25). The lowest BCUT2D eigenvalue weighted by molar-refractivity contribution is -0.125. The number of benzene rings is 1. The van der Waals surface area contributed by atoms with Crippen LogP contribution in [0.3, 0.4) is 0 Å². The first-order chi connectivity index (χ1) is 12.2. The Kier molecular flexibility index (Phi) is 5.23. The highest BCUT2D eigenvalue weighted by molar-refractivity contribution is 7.99. The zero-order valence-corrected chi connectivity index (χ0v) is 16.5. The Balaban J connectivity index is 1.69. The van der Waals surface area contributed by atoms with Crippen LogP contribution in [0.1, 0.15) is 37.6 Å². The van der Waals surface area contributed by atoms with Crippen molar-refractivity contribution in [3.63, 3.8) is 0 Å². The molecule has 2 aromatic rings. The number of aryl methyl sites for hydroxylation is 1. The topological polar surface area (TPSA) is 64.0 Å². The minimum absolute atomic E-state index is 0.0180. The van der Waals surface area contributed by atoms with E-state index in [1.165, 1.54) is 17.3 Å². The summed E-state index contributed by atoms with van der Waals surface area (Å²) in [6, 6.07) is 9.70. The van der Waals surface area contributed by atoms with Crippen molar-refractivity contribution in [1.82, 2.24) is 14.9 Å². The molecule has 1 aromatic carbocycles. The van der Waals surface area contributed by atoms with Crippen molar-refractivity contribution >= 4 is 17.7 Å². The zero-order valence-electron chi connectivity index (χ0n) is 15.7. The first-order valence-corrected chi connectivity index (χ1v) is 9.81. The monoisotopic (exact) mass is 371 g/mol. The molecule has 0 fully saturated rings. The van der Waals surface area contributed by atoms with Gasteiger partial charge in [-0.15, -0.1) is 0 Å². The maximum Gasteiger partial charge on any atom is 0.254 e. The molecule has 2 heterocycles. The van der Waals surface area contributed by atoms with Gasteiger partial charge in [-0.1, -0.05) is 62.4 Å². The number of carbonyl (C=O) groups excluding carboxylic acids is 1. The van der Waals surface area contributed by atoms with Gasteiger partial charge in [-0.3, -0.25) is 14.2 Å². The van der Waals surface area contributed by atoms with E-state index in [0.29, 0.717) is 24.0 Å². The molecule has 5 nitrogen and oxygen atoms in total. The number of aromatic nitrogens is 2. The van der Waals surface area contributed by atoms with Crippen LogP contribution >= 0.6 is 11.8 Å². The quantitative estimate of drug-likeness (QED) is 0.843. The Bertz CT molecular complexity index is 866. The van der Waals surface area contributed by atoms with Crippen LogP contribution in [0.4, 0.5) is 0 Å². The molecule has 3 rings (SSSR count). The van der Waals surface area contributed by atoms with Crippen LogP contribution in [0.15, 0.2) is 40.3 Å². The maximum atomic E-state index is 12.5. The molecule has 1 aliphatic heterocycles. The Morgan fingerprint density at radius 3 is 2.65 bits per heavy atom. The second-order valence-corrected chi connectivity index (χ2v) is 8.82. The minimum atomic E-state index is -0.224. The summed E-state index contributed by atoms with van der Waals surface area (Å²) in [4.78, 5) is 29.6. The molecule has 0 bridgehead atoms. The number of amides is 1. The van der Waals surface area contributed by atoms with Gasteiger partial charge < -0.3 is 5.32 Å². The highest BCUT2D eigenvalue weighted by Gasteiger charge is 2.28. The fourth-order valence-electron chi connectivity index (χ4n) is 2.79. The van der Waals surface area contributed by atoms with Crippen LogP contribution in [-0.2, 0) is 23.3 Å². The third-order valence-corrected chi connectivity index (χ3v) is 5.66. The molecule has 1 N–H and O–H groups in total. The largest absolute Gasteiger partial charge is 0.352 e. The van der Waals surface area contributed by atoms with Crippen molar-refractivity contribution in [1.29, 1.82) is 0 Å². The smallest absolute Gasteiger partial charge is 0.254 e. The van der Waals surface area contributed by atoms with Gasteiger partial charge in [-0.25, -0.2) is 4.98 Å². The number of thioether (sulfide) groups is 1. The highest BCUT2D eigenvalue weighted by atomic mass is 32.2. The number of nitrogens with one attached hydrogen (secondary N) is 1. The van der Waals surface area contributed by atoms with E-state index in [2.05, 4.69) is 10.3 Å². The van der Waals surface area contributed by atoms with Crippen LogP contribution in [-0.4, -0.2) is 21.2 Å². The zero-order chi connectivity index (χ0) is 18.9. The molecule has 1 unspecified atom stereocenters. The van der Waals surface area contributed by atoms with Gasteiger partial charge in [0.05, 0.1) is 11.6 Å². The summed E-state index contributed by atoms with van der Waals surface area (Å²) in [6.45, 7) is 9.05. The fraction of sp³-hybridized carbons (Fsp3) is 0.450. The molecule has 1 aromatic heterocycles. The summed E-state index contributed by atoms with van der Waals surface area (Å²) in [5.41, 5.74) is 2.81. The number of rotatable bonds is 3. The molecule has 138 valence electrons. The van der Waals surface area contributed by atoms with Gasteiger partial charge in [0.15, 0.2) is 5.16 Å². The van der Waals surface area contributed by atoms with Gasteiger partial charge in [0.25, 0.3) is 5.56 Å². The van der Waals surface area contributed by atoms with Crippen LogP contribution in [0.2, 0.25) is 0 Å². The van der Waals surface area contributed by atoms with Gasteiger partial charge >= 0.3 is 0 Å². The van der Waals surface area contributed by atoms with E-state index in [1.807, 2.05) is 52.0 Å². The summed E-state index contributed by atoms with van der Waals surface area (Å²) in [7, 11) is 0. The number of fused-ring (bicyclic) bond motifs is 1. The van der Waals surface area contributed by atoms with Crippen molar-refractivity contribution in [2.24, 2.45) is 5.92 Å². The predicted octanol–water partition coefficient (Wildman–Crippen LogP) is 2.89. The molecule has 0 saturated carbocycles. The van der Waals surface area contributed by atoms with E-state index in [9.17, 15) is 9.59 Å². The minimum Gasteiger partial charge on any atom is -0.352 e. The SMILES string of the molecule is Cc1ccc(CNC(=O)C2CSc3nc(C(C)(C)C)cc(=O)n3C2)cc1. The maximum absolute atomic E-state index is 12.5. The molecule has 26 heavy (non-hydrogen) atoms. The van der Waals surface area contributed by atoms with E-state index in [1.54, 1.807) is 10.6 Å². The lowest BCUT2D eigenvalue weighted by Crippen LogP contribution is -2.40. The van der Waals surface area contributed by atoms with E-state index in [0.717, 1.165) is 11.3 Å². The van der Waals surface area contributed by atoms with Gasteiger partial charge in [0.1, 0.15) is 0 Å². The van der Waals surface area contributed by atoms with Gasteiger partial charge in [0, 0.05) is 30.3 Å². The summed E-state index contributed by atoms with van der Waals surface area (Å²) in [5.74, 6) is 0.396. The molecule has 0 aliphatic carbocycles. The van der Waals surface area contributed by atoms with Crippen molar-refractivity contribution in [3.8, 4) is 0 Å². The van der Waals surface area contributed by atoms with Crippen molar-refractivity contribution in [2.45, 2.75) is 51.4 Å². The second-order valence-electron chi connectivity index (χ2n) is 7.83. The predicted molar refractivity (Wildman–Crippen MR) is 104 cm³/mol. The summed E-state index contributed by atoms with van der Waals surface area (Å²) in [6.07, 6.45) is 0. The Labute approximate surface area is 158 Å². The van der Waals surface area contributed by atoms with Crippen LogP contribution in [0.25, 0.3) is 0 Å². The molecule has 1 atom stereocenters. The van der Waals surface area contributed by atoms with Crippen molar-refractivity contribution in [2.75, 3.05) is 5.75 Å². The van der Waals surface area contributed by atoms with Gasteiger partial charge in [-0.05, 0) is 12.5 Å². The molecular formula is C20H25N3O2S. The summed E-state index contributed by atoms with van der Waals surface area (Å²) < 4.78 is 1.62. The Hall–Kier alpha value is -2.08. The average molecular weight is 372 g/mol. The lowest BCUT2D eigenvalue weighted by Gasteiger charge is -2.26. The molecule has 6 heteroatoms. The van der Waals surface area contributed by atoms with E-state index >= 15 is 0 Å². The third kappa shape index (κ3) is 4.18. The third-order valence-electron chi connectivity index (χ3n) is 4.52. The molecule has 1 aliphatic rings. The van der Waals surface area contributed by atoms with Crippen LogP contribution in [0, 0.1) is 12.8 Å². The lowest BCUT2D eigenvalue weighted by atomic mass is 9.92. The van der Waals surface area contributed by atoms with Gasteiger partial charge in [-0.2, -0.15) is 0 Å². The van der Waals surface area contributed by atoms with Gasteiger partial charge in [0.2, 0.25) is 5.91 Å². The highest BCUT2D eigenvalue weighted by Crippen LogP contribution is 2.28. The Morgan fingerprint density at radius 1 is 1.31 bits per heavy atom. The molecule has 0 spiro atoms. The average Bonchev–Trinajstić information content (AvgIpc) is 2.60. The number of carbonyl (C=O) groups is 1. The van der Waals surface area contributed by atoms with Crippen LogP contribution in [0.5, 0.6) is 0 Å². The van der Waals surface area contributed by atoms with Crippen molar-refractivity contribution in [3.05, 3.63) is 57.5 Å².